The molecule has 134 valence electrons. The number of ether oxygens (including phenoxy) is 1. The number of nitrogens with one attached hydrogen (secondary N) is 1. The fourth-order valence-corrected chi connectivity index (χ4v) is 2.33. The summed E-state index contributed by atoms with van der Waals surface area (Å²) >= 11 is 0. The van der Waals surface area contributed by atoms with E-state index in [-0.39, 0.29) is 82.1 Å². The first-order chi connectivity index (χ1) is 9.67. The topological polar surface area (TPSA) is 220 Å². The van der Waals surface area contributed by atoms with Crippen LogP contribution in [0.4, 0.5) is 0 Å². The zero-order valence-corrected chi connectivity index (χ0v) is 18.8. The van der Waals surface area contributed by atoms with E-state index in [0.717, 1.165) is 4.57 Å². The number of phosphoric ester groups is 1. The maximum absolute atomic E-state index is 11.7. The second kappa shape index (κ2) is 12.2. The summed E-state index contributed by atoms with van der Waals surface area (Å²) in [5.74, 6) is 0. The number of nitrogens with zero attached hydrogens (tertiary/aromatic N) is 1. The number of rotatable bonds is 4. The predicted octanol–water partition coefficient (Wildman–Crippen LogP) is -10.3. The fourth-order valence-electron chi connectivity index (χ4n) is 2.00. The molecule has 1 aromatic heterocycles. The molecule has 15 heteroatoms. The van der Waals surface area contributed by atoms with Gasteiger partial charge in [0, 0.05) is 18.2 Å². The number of phosphoric acid groups is 1. The van der Waals surface area contributed by atoms with E-state index in [9.17, 15) is 29.0 Å². The molecule has 1 aliphatic heterocycles. The van der Waals surface area contributed by atoms with Gasteiger partial charge < -0.3 is 39.7 Å². The van der Waals surface area contributed by atoms with Gasteiger partial charge in [-0.15, -0.1) is 0 Å². The van der Waals surface area contributed by atoms with Crippen LogP contribution in [0.5, 0.6) is 0 Å². The quantitative estimate of drug-likeness (QED) is 0.363. The number of hydrogen-bond donors (Lipinski definition) is 2. The van der Waals surface area contributed by atoms with E-state index in [4.69, 9.17) is 4.74 Å². The Morgan fingerprint density at radius 2 is 1.96 bits per heavy atom. The molecule has 0 aromatic carbocycles. The van der Waals surface area contributed by atoms with Gasteiger partial charge in [-0.1, -0.05) is 0 Å². The molecule has 0 aliphatic carbocycles. The van der Waals surface area contributed by atoms with E-state index in [1.807, 2.05) is 0 Å². The maximum atomic E-state index is 11.7. The van der Waals surface area contributed by atoms with Gasteiger partial charge in [-0.3, -0.25) is 14.3 Å². The average molecular weight is 402 g/mol. The molecule has 0 unspecified atom stereocenters. The molecule has 0 saturated carbocycles. The molecule has 12 nitrogen and oxygen atoms in total. The molecule has 1 fully saturated rings. The van der Waals surface area contributed by atoms with Crippen LogP contribution in [-0.4, -0.2) is 44.4 Å². The normalized spacial score (nSPS) is 22.0. The summed E-state index contributed by atoms with van der Waals surface area (Å²) in [7, 11) is -5.17. The minimum atomic E-state index is -5.17. The van der Waals surface area contributed by atoms with Crippen LogP contribution in [0, 0.1) is 6.92 Å². The summed E-state index contributed by atoms with van der Waals surface area (Å²) in [6.45, 7) is 0.852. The van der Waals surface area contributed by atoms with Gasteiger partial charge in [-0.25, -0.2) is 4.79 Å². The number of aliphatic hydroxyl groups is 1. The van der Waals surface area contributed by atoms with Crippen LogP contribution in [0.15, 0.2) is 15.8 Å². The number of aromatic nitrogens is 2. The van der Waals surface area contributed by atoms with Crippen LogP contribution in [0.25, 0.3) is 0 Å². The molecule has 0 bridgehead atoms. The minimum absolute atomic E-state index is 0. The molecule has 1 aliphatic rings. The number of hydrogen-bond acceptors (Lipinski definition) is 8. The number of aromatic amines is 1. The third-order valence-corrected chi connectivity index (χ3v) is 3.52. The molecule has 6 N–H and O–H groups in total. The smallest absolute Gasteiger partial charge is 0.790 e. The van der Waals surface area contributed by atoms with Crippen molar-refractivity contribution in [1.29, 1.82) is 0 Å². The van der Waals surface area contributed by atoms with Gasteiger partial charge in [0.1, 0.15) is 12.3 Å². The Hall–Kier alpha value is 0.630. The summed E-state index contributed by atoms with van der Waals surface area (Å²) < 4.78 is 20.8. The van der Waals surface area contributed by atoms with E-state index in [1.54, 1.807) is 0 Å². The molecule has 0 spiro atoms. The summed E-state index contributed by atoms with van der Waals surface area (Å²) in [5, 5.41) is 9.75. The Kier molecular flexibility index (Phi) is 14.8. The van der Waals surface area contributed by atoms with Crippen LogP contribution in [0.3, 0.4) is 0 Å². The van der Waals surface area contributed by atoms with Gasteiger partial charge in [-0.05, 0) is 6.92 Å². The first-order valence-corrected chi connectivity index (χ1v) is 7.45. The Morgan fingerprint density at radius 3 is 2.48 bits per heavy atom. The summed E-state index contributed by atoms with van der Waals surface area (Å²) in [6, 6.07) is 0. The van der Waals surface area contributed by atoms with Crippen molar-refractivity contribution in [2.45, 2.75) is 31.8 Å². The van der Waals surface area contributed by atoms with Gasteiger partial charge in [-0.2, -0.15) is 0 Å². The van der Waals surface area contributed by atoms with E-state index in [2.05, 4.69) is 9.51 Å². The first kappa shape index (κ1) is 30.4. The van der Waals surface area contributed by atoms with Crippen LogP contribution < -0.4 is 80.2 Å². The van der Waals surface area contributed by atoms with Crippen molar-refractivity contribution in [3.63, 3.8) is 0 Å². The zero-order chi connectivity index (χ0) is 15.8. The van der Waals surface area contributed by atoms with E-state index < -0.39 is 44.1 Å². The molecular weight excluding hydrogens is 385 g/mol. The molecule has 1 saturated heterocycles. The van der Waals surface area contributed by atoms with Crippen LogP contribution in [0.1, 0.15) is 18.2 Å². The van der Waals surface area contributed by atoms with Crippen molar-refractivity contribution in [2.24, 2.45) is 0 Å². The Balaban J connectivity index is -0.00000121. The average Bonchev–Trinajstić information content (AvgIpc) is 2.72. The van der Waals surface area contributed by atoms with Crippen molar-refractivity contribution < 1.29 is 98.8 Å². The monoisotopic (exact) mass is 402 g/mol. The molecule has 0 amide bonds. The number of H-pyrrole nitrogens is 1. The SMILES string of the molecule is Cc1cn([C@H]2C[C@H](O)[C@@H](COP(=O)([O-])[O-])O2)c(=O)[nH]c1=O.O.O.[Na+].[Na+]. The van der Waals surface area contributed by atoms with Crippen molar-refractivity contribution in [1.82, 2.24) is 9.55 Å². The van der Waals surface area contributed by atoms with Gasteiger partial charge in [0.25, 0.3) is 5.56 Å². The Labute approximate surface area is 186 Å². The van der Waals surface area contributed by atoms with Crippen LogP contribution >= 0.6 is 7.82 Å². The minimum Gasteiger partial charge on any atom is -0.790 e. The molecule has 3 atom stereocenters. The molecular formula is C10H17N2Na2O10P. The van der Waals surface area contributed by atoms with Crippen molar-refractivity contribution in [3.05, 3.63) is 32.6 Å². The maximum Gasteiger partial charge on any atom is 1.00 e. The molecule has 1 aromatic rings. The van der Waals surface area contributed by atoms with E-state index in [0.29, 0.717) is 0 Å². The second-order valence-corrected chi connectivity index (χ2v) is 5.81. The largest absolute Gasteiger partial charge is 1.00 e. The second-order valence-electron chi connectivity index (χ2n) is 4.65. The summed E-state index contributed by atoms with van der Waals surface area (Å²) in [5.41, 5.74) is -0.980. The van der Waals surface area contributed by atoms with Crippen LogP contribution in [-0.2, 0) is 13.8 Å². The van der Waals surface area contributed by atoms with Gasteiger partial charge >= 0.3 is 64.8 Å². The molecule has 2 heterocycles. The number of aryl methyl sites for hydroxylation is 1. The number of aliphatic hydroxyl groups excluding tert-OH is 1. The van der Waals surface area contributed by atoms with E-state index in [1.165, 1.54) is 13.1 Å². The van der Waals surface area contributed by atoms with Crippen LogP contribution in [0.2, 0.25) is 0 Å². The van der Waals surface area contributed by atoms with Gasteiger partial charge in [0.2, 0.25) is 0 Å². The third kappa shape index (κ3) is 8.45. The standard InChI is InChI=1S/C10H15N2O8P.2Na.2H2O/c1-5-3-12(10(15)11-9(5)14)8-2-6(13)7(20-8)4-19-21(16,17)18;;;;/h3,6-8,13H,2,4H2,1H3,(H,11,14,15)(H2,16,17,18);;;2*1H2/q;2*+1;;/p-2/t6-,7+,8+;;;;/m0..../s1. The molecule has 0 radical (unpaired) electrons. The van der Waals surface area contributed by atoms with Crippen molar-refractivity contribution >= 4 is 7.82 Å². The molecule has 25 heavy (non-hydrogen) atoms. The zero-order valence-electron chi connectivity index (χ0n) is 13.9. The summed E-state index contributed by atoms with van der Waals surface area (Å²) in [4.78, 5) is 45.8. The van der Waals surface area contributed by atoms with Gasteiger partial charge in [0.15, 0.2) is 0 Å². The van der Waals surface area contributed by atoms with Gasteiger partial charge in [0.05, 0.1) is 20.5 Å². The summed E-state index contributed by atoms with van der Waals surface area (Å²) in [6.07, 6.45) is -1.81. The first-order valence-electron chi connectivity index (χ1n) is 5.99. The Bertz CT molecular complexity index is 689. The van der Waals surface area contributed by atoms with Crippen molar-refractivity contribution in [2.75, 3.05) is 6.61 Å². The fraction of sp³-hybridized carbons (Fsp3) is 0.600. The Morgan fingerprint density at radius 1 is 1.40 bits per heavy atom. The van der Waals surface area contributed by atoms with Crippen molar-refractivity contribution in [3.8, 4) is 0 Å². The predicted molar refractivity (Wildman–Crippen MR) is 71.4 cm³/mol. The third-order valence-electron chi connectivity index (χ3n) is 3.06. The molecule has 2 rings (SSSR count). The van der Waals surface area contributed by atoms with E-state index >= 15 is 0 Å².